The summed E-state index contributed by atoms with van der Waals surface area (Å²) in [7, 11) is 0. The molecule has 0 saturated heterocycles. The average molecular weight is 272 g/mol. The SMILES string of the molecule is c1ccc(-c2cnnn2-c2ccnc3ccccc23)cc1. The van der Waals surface area contributed by atoms with Crippen LogP contribution in [0.1, 0.15) is 0 Å². The van der Waals surface area contributed by atoms with Crippen LogP contribution in [0.5, 0.6) is 0 Å². The Bertz CT molecular complexity index is 891. The summed E-state index contributed by atoms with van der Waals surface area (Å²) in [6.07, 6.45) is 3.58. The summed E-state index contributed by atoms with van der Waals surface area (Å²) in [5.74, 6) is 0. The van der Waals surface area contributed by atoms with Crippen LogP contribution in [0.4, 0.5) is 0 Å². The van der Waals surface area contributed by atoms with E-state index in [1.54, 1.807) is 12.4 Å². The largest absolute Gasteiger partial charge is 0.256 e. The van der Waals surface area contributed by atoms with Crippen molar-refractivity contribution >= 4 is 10.9 Å². The van der Waals surface area contributed by atoms with Crippen LogP contribution in [0, 0.1) is 0 Å². The predicted molar refractivity (Wildman–Crippen MR) is 82.1 cm³/mol. The zero-order chi connectivity index (χ0) is 14.1. The second-order valence-corrected chi connectivity index (χ2v) is 4.74. The van der Waals surface area contributed by atoms with Gasteiger partial charge in [0.05, 0.1) is 23.1 Å². The number of rotatable bonds is 2. The standard InChI is InChI=1S/C17H12N4/c1-2-6-13(7-3-1)17-12-19-20-21(17)16-10-11-18-15-9-5-4-8-14(15)16/h1-12H. The van der Waals surface area contributed by atoms with E-state index in [9.17, 15) is 0 Å². The highest BCUT2D eigenvalue weighted by molar-refractivity contribution is 5.87. The monoisotopic (exact) mass is 272 g/mol. The number of aromatic nitrogens is 4. The lowest BCUT2D eigenvalue weighted by Crippen LogP contribution is -2.00. The van der Waals surface area contributed by atoms with E-state index < -0.39 is 0 Å². The average Bonchev–Trinajstić information content (AvgIpc) is 3.04. The van der Waals surface area contributed by atoms with Gasteiger partial charge in [0.2, 0.25) is 0 Å². The minimum Gasteiger partial charge on any atom is -0.256 e. The molecule has 21 heavy (non-hydrogen) atoms. The zero-order valence-corrected chi connectivity index (χ0v) is 11.2. The molecule has 4 rings (SSSR count). The molecule has 4 nitrogen and oxygen atoms in total. The second kappa shape index (κ2) is 4.83. The lowest BCUT2D eigenvalue weighted by molar-refractivity contribution is 0.812. The van der Waals surface area contributed by atoms with E-state index >= 15 is 0 Å². The van der Waals surface area contributed by atoms with Gasteiger partial charge in [-0.1, -0.05) is 53.7 Å². The molecule has 2 aromatic carbocycles. The zero-order valence-electron chi connectivity index (χ0n) is 11.2. The van der Waals surface area contributed by atoms with E-state index in [4.69, 9.17) is 0 Å². The summed E-state index contributed by atoms with van der Waals surface area (Å²) in [4.78, 5) is 4.39. The van der Waals surface area contributed by atoms with Gasteiger partial charge < -0.3 is 0 Å². The van der Waals surface area contributed by atoms with Crippen molar-refractivity contribution in [1.29, 1.82) is 0 Å². The van der Waals surface area contributed by atoms with Crippen molar-refractivity contribution in [3.8, 4) is 16.9 Å². The van der Waals surface area contributed by atoms with Crippen molar-refractivity contribution < 1.29 is 0 Å². The van der Waals surface area contributed by atoms with Crippen molar-refractivity contribution in [3.63, 3.8) is 0 Å². The summed E-state index contributed by atoms with van der Waals surface area (Å²) >= 11 is 0. The molecule has 0 saturated carbocycles. The fourth-order valence-corrected chi connectivity index (χ4v) is 2.48. The molecule has 100 valence electrons. The lowest BCUT2D eigenvalue weighted by Gasteiger charge is -2.09. The van der Waals surface area contributed by atoms with Gasteiger partial charge in [-0.3, -0.25) is 4.98 Å². The number of pyridine rings is 1. The van der Waals surface area contributed by atoms with Gasteiger partial charge >= 0.3 is 0 Å². The minimum atomic E-state index is 0.949. The van der Waals surface area contributed by atoms with Gasteiger partial charge in [0.15, 0.2) is 0 Å². The van der Waals surface area contributed by atoms with E-state index in [2.05, 4.69) is 27.4 Å². The van der Waals surface area contributed by atoms with Crippen molar-refractivity contribution in [2.24, 2.45) is 0 Å². The third kappa shape index (κ3) is 1.97. The Morgan fingerprint density at radius 2 is 1.62 bits per heavy atom. The van der Waals surface area contributed by atoms with Crippen LogP contribution in [-0.4, -0.2) is 20.0 Å². The molecule has 0 spiro atoms. The van der Waals surface area contributed by atoms with E-state index in [0.29, 0.717) is 0 Å². The van der Waals surface area contributed by atoms with Crippen molar-refractivity contribution in [2.75, 3.05) is 0 Å². The summed E-state index contributed by atoms with van der Waals surface area (Å²) in [6, 6.07) is 20.1. The van der Waals surface area contributed by atoms with E-state index in [1.165, 1.54) is 0 Å². The van der Waals surface area contributed by atoms with Gasteiger partial charge in [0, 0.05) is 17.1 Å². The van der Waals surface area contributed by atoms with Crippen LogP contribution >= 0.6 is 0 Å². The third-order valence-corrected chi connectivity index (χ3v) is 3.47. The topological polar surface area (TPSA) is 43.6 Å². The predicted octanol–water partition coefficient (Wildman–Crippen LogP) is 3.48. The summed E-state index contributed by atoms with van der Waals surface area (Å²) in [6.45, 7) is 0. The maximum absolute atomic E-state index is 4.39. The number of hydrogen-bond donors (Lipinski definition) is 0. The van der Waals surface area contributed by atoms with E-state index in [1.807, 2.05) is 53.2 Å². The molecule has 2 aromatic heterocycles. The molecule has 4 aromatic rings. The first-order valence-electron chi connectivity index (χ1n) is 6.74. The summed E-state index contributed by atoms with van der Waals surface area (Å²) in [5, 5.41) is 9.38. The van der Waals surface area contributed by atoms with E-state index in [-0.39, 0.29) is 0 Å². The van der Waals surface area contributed by atoms with Crippen LogP contribution in [0.15, 0.2) is 73.1 Å². The molecule has 0 unspecified atom stereocenters. The number of fused-ring (bicyclic) bond motifs is 1. The Balaban J connectivity index is 1.97. The second-order valence-electron chi connectivity index (χ2n) is 4.74. The Hall–Kier alpha value is -3.01. The van der Waals surface area contributed by atoms with Crippen LogP contribution < -0.4 is 0 Å². The van der Waals surface area contributed by atoms with Crippen LogP contribution in [0.3, 0.4) is 0 Å². The molecular formula is C17H12N4. The fraction of sp³-hybridized carbons (Fsp3) is 0. The van der Waals surface area contributed by atoms with Gasteiger partial charge in [-0.15, -0.1) is 5.10 Å². The molecule has 0 atom stereocenters. The highest BCUT2D eigenvalue weighted by Gasteiger charge is 2.11. The number of hydrogen-bond acceptors (Lipinski definition) is 3. The molecule has 0 amide bonds. The van der Waals surface area contributed by atoms with Crippen LogP contribution in [0.2, 0.25) is 0 Å². The molecule has 0 N–H and O–H groups in total. The van der Waals surface area contributed by atoms with Crippen LogP contribution in [-0.2, 0) is 0 Å². The Morgan fingerprint density at radius 1 is 0.810 bits per heavy atom. The first-order chi connectivity index (χ1) is 10.4. The molecule has 0 bridgehead atoms. The molecular weight excluding hydrogens is 260 g/mol. The quantitative estimate of drug-likeness (QED) is 0.561. The first kappa shape index (κ1) is 11.8. The van der Waals surface area contributed by atoms with Gasteiger partial charge in [-0.05, 0) is 12.1 Å². The Labute approximate surface area is 121 Å². The van der Waals surface area contributed by atoms with Gasteiger partial charge in [0.1, 0.15) is 0 Å². The number of benzene rings is 2. The van der Waals surface area contributed by atoms with Crippen LogP contribution in [0.25, 0.3) is 27.8 Å². The highest BCUT2D eigenvalue weighted by Crippen LogP contribution is 2.25. The van der Waals surface area contributed by atoms with Crippen molar-refractivity contribution in [2.45, 2.75) is 0 Å². The fourth-order valence-electron chi connectivity index (χ4n) is 2.48. The maximum Gasteiger partial charge on any atom is 0.0944 e. The molecule has 4 heteroatoms. The first-order valence-corrected chi connectivity index (χ1v) is 6.74. The molecule has 2 heterocycles. The Kier molecular flexibility index (Phi) is 2.71. The normalized spacial score (nSPS) is 10.9. The molecule has 0 aliphatic heterocycles. The molecule has 0 fully saturated rings. The van der Waals surface area contributed by atoms with E-state index in [0.717, 1.165) is 27.8 Å². The van der Waals surface area contributed by atoms with Gasteiger partial charge in [0.25, 0.3) is 0 Å². The third-order valence-electron chi connectivity index (χ3n) is 3.47. The highest BCUT2D eigenvalue weighted by atomic mass is 15.4. The van der Waals surface area contributed by atoms with Gasteiger partial charge in [-0.2, -0.15) is 0 Å². The van der Waals surface area contributed by atoms with Gasteiger partial charge in [-0.25, -0.2) is 4.68 Å². The molecule has 0 radical (unpaired) electrons. The number of nitrogens with zero attached hydrogens (tertiary/aromatic N) is 4. The summed E-state index contributed by atoms with van der Waals surface area (Å²) in [5.41, 5.74) is 3.98. The molecule has 0 aliphatic rings. The molecule has 0 aliphatic carbocycles. The Morgan fingerprint density at radius 3 is 2.52 bits per heavy atom. The summed E-state index contributed by atoms with van der Waals surface area (Å²) < 4.78 is 1.86. The van der Waals surface area contributed by atoms with Crippen molar-refractivity contribution in [3.05, 3.63) is 73.1 Å². The maximum atomic E-state index is 4.39. The van der Waals surface area contributed by atoms with Crippen molar-refractivity contribution in [1.82, 2.24) is 20.0 Å². The smallest absolute Gasteiger partial charge is 0.0944 e. The lowest BCUT2D eigenvalue weighted by atomic mass is 10.1. The number of para-hydroxylation sites is 1. The minimum absolute atomic E-state index is 0.949.